The van der Waals surface area contributed by atoms with Gasteiger partial charge in [0.1, 0.15) is 6.10 Å². The van der Waals surface area contributed by atoms with E-state index < -0.39 is 6.10 Å². The lowest BCUT2D eigenvalue weighted by Crippen LogP contribution is -2.55. The standard InChI is InChI=1S/C32H40N2O3/c1-22-10-9-15-25-20-27-28(30(35)32(22,25)2)26(31(36)37-27)21-33-16-18-34(19-17-33)29(23-11-5-3-6-12-23)24-13-7-4-8-14-24/h3-8,11-15,22,26-30,35H,9-10,16-21H2,1-2H3/t22-,26+,27+,28-,30-,32+/m0/s1. The van der Waals surface area contributed by atoms with Crippen molar-refractivity contribution in [3.8, 4) is 0 Å². The van der Waals surface area contributed by atoms with Crippen molar-refractivity contribution in [3.63, 3.8) is 0 Å². The van der Waals surface area contributed by atoms with Crippen molar-refractivity contribution in [2.24, 2.45) is 23.2 Å². The average Bonchev–Trinajstić information content (AvgIpc) is 3.23. The molecule has 0 aromatic heterocycles. The first-order chi connectivity index (χ1) is 18.0. The van der Waals surface area contributed by atoms with Crippen molar-refractivity contribution in [3.05, 3.63) is 83.4 Å². The van der Waals surface area contributed by atoms with Crippen molar-refractivity contribution >= 4 is 5.97 Å². The second-order valence-electron chi connectivity index (χ2n) is 11.9. The Balaban J connectivity index is 1.16. The van der Waals surface area contributed by atoms with E-state index in [2.05, 4.69) is 90.4 Å². The predicted molar refractivity (Wildman–Crippen MR) is 145 cm³/mol. The SMILES string of the molecule is C[C@H]1CCC=C2C[C@H]3OC(=O)[C@H](CN4CCN(C(c5ccccc5)c5ccccc5)CC4)[C@@H]3[C@H](O)[C@@]21C. The highest BCUT2D eigenvalue weighted by Gasteiger charge is 2.59. The summed E-state index contributed by atoms with van der Waals surface area (Å²) in [7, 11) is 0. The number of esters is 1. The summed E-state index contributed by atoms with van der Waals surface area (Å²) in [5, 5.41) is 11.7. The monoisotopic (exact) mass is 500 g/mol. The molecular weight excluding hydrogens is 460 g/mol. The molecule has 196 valence electrons. The molecule has 3 fully saturated rings. The summed E-state index contributed by atoms with van der Waals surface area (Å²) in [4.78, 5) is 18.1. The minimum Gasteiger partial charge on any atom is -0.461 e. The van der Waals surface area contributed by atoms with Crippen LogP contribution in [0.5, 0.6) is 0 Å². The Labute approximate surface area is 221 Å². The Morgan fingerprint density at radius 3 is 2.24 bits per heavy atom. The summed E-state index contributed by atoms with van der Waals surface area (Å²) < 4.78 is 5.92. The van der Waals surface area contributed by atoms with Gasteiger partial charge in [-0.25, -0.2) is 0 Å². The zero-order chi connectivity index (χ0) is 25.6. The molecule has 0 amide bonds. The van der Waals surface area contributed by atoms with Gasteiger partial charge in [0.05, 0.1) is 18.1 Å². The fraction of sp³-hybridized carbons (Fsp3) is 0.531. The molecule has 1 N–H and O–H groups in total. The predicted octanol–water partition coefficient (Wildman–Crippen LogP) is 4.68. The molecule has 0 unspecified atom stereocenters. The van der Waals surface area contributed by atoms with Gasteiger partial charge in [-0.3, -0.25) is 14.6 Å². The summed E-state index contributed by atoms with van der Waals surface area (Å²) in [5.41, 5.74) is 3.68. The molecule has 2 aliphatic heterocycles. The Morgan fingerprint density at radius 1 is 1.00 bits per heavy atom. The lowest BCUT2D eigenvalue weighted by atomic mass is 9.55. The van der Waals surface area contributed by atoms with Gasteiger partial charge in [-0.15, -0.1) is 0 Å². The maximum Gasteiger partial charge on any atom is 0.311 e. The van der Waals surface area contributed by atoms with E-state index >= 15 is 0 Å². The van der Waals surface area contributed by atoms with Gasteiger partial charge in [0.25, 0.3) is 0 Å². The van der Waals surface area contributed by atoms with Crippen LogP contribution in [0.1, 0.15) is 50.3 Å². The Bertz CT molecular complexity index is 1090. The van der Waals surface area contributed by atoms with Crippen LogP contribution in [0.25, 0.3) is 0 Å². The Kier molecular flexibility index (Phi) is 6.72. The van der Waals surface area contributed by atoms with Gasteiger partial charge in [0, 0.05) is 50.5 Å². The molecule has 5 heteroatoms. The number of piperazine rings is 1. The maximum atomic E-state index is 13.1. The topological polar surface area (TPSA) is 53.0 Å². The van der Waals surface area contributed by atoms with E-state index in [1.54, 1.807) is 0 Å². The first-order valence-corrected chi connectivity index (χ1v) is 14.1. The van der Waals surface area contributed by atoms with Crippen molar-refractivity contribution < 1.29 is 14.6 Å². The molecule has 6 atom stereocenters. The number of allylic oxidation sites excluding steroid dienone is 1. The molecule has 1 saturated carbocycles. The molecule has 6 rings (SSSR count). The molecular formula is C32H40N2O3. The Hall–Kier alpha value is -2.47. The number of benzene rings is 2. The summed E-state index contributed by atoms with van der Waals surface area (Å²) in [6.45, 7) is 8.85. The van der Waals surface area contributed by atoms with E-state index in [9.17, 15) is 9.90 Å². The third-order valence-electron chi connectivity index (χ3n) is 10.0. The second kappa shape index (κ2) is 10.0. The number of carbonyl (C=O) groups is 1. The largest absolute Gasteiger partial charge is 0.461 e. The van der Waals surface area contributed by atoms with E-state index in [0.717, 1.165) is 45.4 Å². The quantitative estimate of drug-likeness (QED) is 0.477. The number of nitrogens with zero attached hydrogens (tertiary/aromatic N) is 2. The van der Waals surface area contributed by atoms with Crippen molar-refractivity contribution in [2.45, 2.75) is 51.4 Å². The molecule has 0 bridgehead atoms. The molecule has 2 aliphatic carbocycles. The van der Waals surface area contributed by atoms with Crippen molar-refractivity contribution in [1.29, 1.82) is 0 Å². The zero-order valence-electron chi connectivity index (χ0n) is 22.1. The van der Waals surface area contributed by atoms with Gasteiger partial charge in [-0.2, -0.15) is 0 Å². The van der Waals surface area contributed by atoms with Gasteiger partial charge >= 0.3 is 5.97 Å². The molecule has 2 aromatic rings. The van der Waals surface area contributed by atoms with Crippen LogP contribution in [-0.2, 0) is 9.53 Å². The van der Waals surface area contributed by atoms with Gasteiger partial charge in [0.15, 0.2) is 0 Å². The highest BCUT2D eigenvalue weighted by molar-refractivity contribution is 5.76. The fourth-order valence-electron chi connectivity index (χ4n) is 7.64. The molecule has 2 heterocycles. The first-order valence-electron chi connectivity index (χ1n) is 14.1. The van der Waals surface area contributed by atoms with E-state index in [1.807, 2.05) is 0 Å². The van der Waals surface area contributed by atoms with Crippen LogP contribution >= 0.6 is 0 Å². The Morgan fingerprint density at radius 2 is 1.62 bits per heavy atom. The van der Waals surface area contributed by atoms with Gasteiger partial charge in [-0.1, -0.05) is 86.2 Å². The van der Waals surface area contributed by atoms with Crippen LogP contribution in [0.3, 0.4) is 0 Å². The number of rotatable bonds is 5. The van der Waals surface area contributed by atoms with Crippen LogP contribution in [0.15, 0.2) is 72.3 Å². The van der Waals surface area contributed by atoms with Gasteiger partial charge < -0.3 is 9.84 Å². The normalized spacial score (nSPS) is 34.5. The van der Waals surface area contributed by atoms with E-state index in [1.165, 1.54) is 16.7 Å². The maximum absolute atomic E-state index is 13.1. The van der Waals surface area contributed by atoms with Crippen molar-refractivity contribution in [1.82, 2.24) is 9.80 Å². The molecule has 2 saturated heterocycles. The molecule has 2 aromatic carbocycles. The highest BCUT2D eigenvalue weighted by atomic mass is 16.6. The molecule has 0 spiro atoms. The summed E-state index contributed by atoms with van der Waals surface area (Å²) in [5.74, 6) is -0.0672. The third-order valence-corrected chi connectivity index (χ3v) is 10.0. The smallest absolute Gasteiger partial charge is 0.311 e. The molecule has 37 heavy (non-hydrogen) atoms. The van der Waals surface area contributed by atoms with Crippen LogP contribution in [0.4, 0.5) is 0 Å². The zero-order valence-corrected chi connectivity index (χ0v) is 22.1. The highest BCUT2D eigenvalue weighted by Crippen LogP contribution is 2.56. The minimum atomic E-state index is -0.536. The molecule has 0 radical (unpaired) electrons. The molecule has 5 nitrogen and oxygen atoms in total. The van der Waals surface area contributed by atoms with E-state index in [0.29, 0.717) is 12.5 Å². The summed E-state index contributed by atoms with van der Waals surface area (Å²) >= 11 is 0. The molecule has 4 aliphatic rings. The van der Waals surface area contributed by atoms with Crippen LogP contribution in [0, 0.1) is 23.2 Å². The first kappa shape index (κ1) is 24.8. The average molecular weight is 501 g/mol. The minimum absolute atomic E-state index is 0.113. The summed E-state index contributed by atoms with van der Waals surface area (Å²) in [6.07, 6.45) is 4.53. The van der Waals surface area contributed by atoms with E-state index in [-0.39, 0.29) is 35.4 Å². The lowest BCUT2D eigenvalue weighted by Gasteiger charge is -2.52. The van der Waals surface area contributed by atoms with Crippen LogP contribution < -0.4 is 0 Å². The third kappa shape index (κ3) is 4.35. The summed E-state index contributed by atoms with van der Waals surface area (Å²) in [6, 6.07) is 21.7. The van der Waals surface area contributed by atoms with E-state index in [4.69, 9.17) is 4.74 Å². The van der Waals surface area contributed by atoms with Crippen LogP contribution in [-0.4, -0.2) is 65.8 Å². The second-order valence-corrected chi connectivity index (χ2v) is 11.9. The number of carbonyl (C=O) groups excluding carboxylic acids is 1. The van der Waals surface area contributed by atoms with Gasteiger partial charge in [0.2, 0.25) is 0 Å². The lowest BCUT2D eigenvalue weighted by molar-refractivity contribution is -0.145. The van der Waals surface area contributed by atoms with Gasteiger partial charge in [-0.05, 0) is 29.9 Å². The number of hydrogen-bond donors (Lipinski definition) is 1. The number of hydrogen-bond acceptors (Lipinski definition) is 5. The number of aliphatic hydroxyl groups is 1. The van der Waals surface area contributed by atoms with Crippen molar-refractivity contribution in [2.75, 3.05) is 32.7 Å². The number of ether oxygens (including phenoxy) is 1. The fourth-order valence-corrected chi connectivity index (χ4v) is 7.64. The number of aliphatic hydroxyl groups excluding tert-OH is 1. The van der Waals surface area contributed by atoms with Crippen LogP contribution in [0.2, 0.25) is 0 Å². The number of fused-ring (bicyclic) bond motifs is 2.